The maximum absolute atomic E-state index is 12.2. The molecule has 25 heavy (non-hydrogen) atoms. The van der Waals surface area contributed by atoms with Crippen molar-refractivity contribution in [3.63, 3.8) is 0 Å². The molecule has 7 nitrogen and oxygen atoms in total. The first-order valence-electron chi connectivity index (χ1n) is 7.63. The highest BCUT2D eigenvalue weighted by atomic mass is 16.5. The first kappa shape index (κ1) is 18.4. The molecule has 0 aliphatic heterocycles. The zero-order valence-electron chi connectivity index (χ0n) is 13.9. The van der Waals surface area contributed by atoms with E-state index < -0.39 is 24.0 Å². The van der Waals surface area contributed by atoms with Gasteiger partial charge in [-0.2, -0.15) is 0 Å². The lowest BCUT2D eigenvalue weighted by atomic mass is 10.0. The predicted octanol–water partition coefficient (Wildman–Crippen LogP) is 1.35. The lowest BCUT2D eigenvalue weighted by Crippen LogP contribution is -2.51. The minimum Gasteiger partial charge on any atom is -0.497 e. The number of rotatable bonds is 6. The average Bonchev–Trinajstić information content (AvgIpc) is 2.65. The van der Waals surface area contributed by atoms with Crippen LogP contribution in [0.15, 0.2) is 48.5 Å². The third-order valence-corrected chi connectivity index (χ3v) is 3.73. The van der Waals surface area contributed by atoms with Crippen LogP contribution in [0.4, 0.5) is 0 Å². The Morgan fingerprint density at radius 1 is 1.00 bits per heavy atom. The first-order chi connectivity index (χ1) is 12.0. The van der Waals surface area contributed by atoms with Gasteiger partial charge in [0.15, 0.2) is 0 Å². The lowest BCUT2D eigenvalue weighted by molar-refractivity contribution is -0.133. The molecule has 7 heteroatoms. The fraction of sp³-hybridized carbons (Fsp3) is 0.222. The van der Waals surface area contributed by atoms with Crippen LogP contribution in [-0.2, 0) is 4.79 Å². The number of aliphatic hydroxyl groups is 1. The second kappa shape index (κ2) is 8.27. The fourth-order valence-corrected chi connectivity index (χ4v) is 2.30. The van der Waals surface area contributed by atoms with Gasteiger partial charge in [-0.05, 0) is 42.3 Å². The normalized spacial score (nSPS) is 12.8. The molecule has 0 unspecified atom stereocenters. The van der Waals surface area contributed by atoms with Crippen LogP contribution in [0.25, 0.3) is 11.1 Å². The summed E-state index contributed by atoms with van der Waals surface area (Å²) in [5.41, 5.74) is 3.63. The van der Waals surface area contributed by atoms with Crippen LogP contribution in [0.2, 0.25) is 0 Å². The quantitative estimate of drug-likeness (QED) is 0.467. The maximum atomic E-state index is 12.2. The summed E-state index contributed by atoms with van der Waals surface area (Å²) in [6.07, 6.45) is -1.16. The van der Waals surface area contributed by atoms with E-state index in [0.29, 0.717) is 5.56 Å². The number of benzene rings is 2. The van der Waals surface area contributed by atoms with Crippen molar-refractivity contribution in [3.05, 3.63) is 54.1 Å². The molecule has 132 valence electrons. The van der Waals surface area contributed by atoms with Crippen LogP contribution >= 0.6 is 0 Å². The Balaban J connectivity index is 2.12. The molecule has 2 amide bonds. The molecule has 0 bridgehead atoms. The first-order valence-corrected chi connectivity index (χ1v) is 7.63. The number of carbonyl (C=O) groups excluding carboxylic acids is 2. The summed E-state index contributed by atoms with van der Waals surface area (Å²) >= 11 is 0. The van der Waals surface area contributed by atoms with Crippen molar-refractivity contribution >= 4 is 11.8 Å². The van der Waals surface area contributed by atoms with Crippen molar-refractivity contribution in [2.24, 2.45) is 0 Å². The predicted molar refractivity (Wildman–Crippen MR) is 91.3 cm³/mol. The molecule has 0 saturated carbocycles. The van der Waals surface area contributed by atoms with E-state index in [4.69, 9.17) is 9.94 Å². The highest BCUT2D eigenvalue weighted by Crippen LogP contribution is 2.22. The molecule has 2 atom stereocenters. The van der Waals surface area contributed by atoms with Crippen molar-refractivity contribution < 1.29 is 24.6 Å². The van der Waals surface area contributed by atoms with E-state index in [9.17, 15) is 14.7 Å². The number of ether oxygens (including phenoxy) is 1. The van der Waals surface area contributed by atoms with Crippen molar-refractivity contribution in [1.29, 1.82) is 0 Å². The van der Waals surface area contributed by atoms with Gasteiger partial charge in [0.1, 0.15) is 11.8 Å². The van der Waals surface area contributed by atoms with Crippen LogP contribution in [0.5, 0.6) is 5.75 Å². The Kier molecular flexibility index (Phi) is 6.10. The molecule has 2 aromatic carbocycles. The van der Waals surface area contributed by atoms with E-state index in [2.05, 4.69) is 5.32 Å². The molecule has 0 aromatic heterocycles. The summed E-state index contributed by atoms with van der Waals surface area (Å²) in [7, 11) is 1.60. The van der Waals surface area contributed by atoms with Crippen LogP contribution in [0, 0.1) is 0 Å². The molecule has 0 aliphatic rings. The van der Waals surface area contributed by atoms with Gasteiger partial charge in [-0.25, -0.2) is 5.48 Å². The average molecular weight is 344 g/mol. The third kappa shape index (κ3) is 4.56. The Labute approximate surface area is 145 Å². The summed E-state index contributed by atoms with van der Waals surface area (Å²) < 4.78 is 5.12. The van der Waals surface area contributed by atoms with Crippen LogP contribution in [-0.4, -0.2) is 41.4 Å². The Morgan fingerprint density at radius 2 is 1.52 bits per heavy atom. The second-order valence-electron chi connectivity index (χ2n) is 5.47. The monoisotopic (exact) mass is 344 g/mol. The van der Waals surface area contributed by atoms with Gasteiger partial charge in [-0.1, -0.05) is 24.3 Å². The summed E-state index contributed by atoms with van der Waals surface area (Å²) in [5.74, 6) is -0.667. The molecule has 0 aliphatic carbocycles. The minimum atomic E-state index is -1.25. The molecule has 0 radical (unpaired) electrons. The Hall–Kier alpha value is -2.90. The van der Waals surface area contributed by atoms with E-state index in [1.54, 1.807) is 31.4 Å². The van der Waals surface area contributed by atoms with Gasteiger partial charge in [0, 0.05) is 5.56 Å². The number of nitrogens with one attached hydrogen (secondary N) is 2. The van der Waals surface area contributed by atoms with Crippen molar-refractivity contribution in [2.45, 2.75) is 19.1 Å². The number of amides is 2. The number of carbonyl (C=O) groups is 2. The molecule has 2 rings (SSSR count). The molecular formula is C18H20N2O5. The second-order valence-corrected chi connectivity index (χ2v) is 5.47. The summed E-state index contributed by atoms with van der Waals surface area (Å²) in [6.45, 7) is 1.34. The smallest absolute Gasteiger partial charge is 0.268 e. The van der Waals surface area contributed by atoms with E-state index >= 15 is 0 Å². The number of hydroxylamine groups is 1. The number of methoxy groups -OCH3 is 1. The summed E-state index contributed by atoms with van der Waals surface area (Å²) in [4.78, 5) is 23.7. The van der Waals surface area contributed by atoms with Crippen LogP contribution in [0.1, 0.15) is 17.3 Å². The third-order valence-electron chi connectivity index (χ3n) is 3.73. The molecule has 0 heterocycles. The van der Waals surface area contributed by atoms with Gasteiger partial charge in [-0.3, -0.25) is 14.8 Å². The van der Waals surface area contributed by atoms with E-state index in [1.807, 2.05) is 24.3 Å². The SMILES string of the molecule is COc1ccc(-c2ccc(C(=O)N[C@H](C(=O)NO)[C@@H](C)O)cc2)cc1. The Bertz CT molecular complexity index is 726. The van der Waals surface area contributed by atoms with Gasteiger partial charge in [0.05, 0.1) is 13.2 Å². The van der Waals surface area contributed by atoms with Gasteiger partial charge < -0.3 is 15.2 Å². The van der Waals surface area contributed by atoms with Crippen molar-refractivity contribution in [2.75, 3.05) is 7.11 Å². The van der Waals surface area contributed by atoms with Gasteiger partial charge in [0.25, 0.3) is 11.8 Å². The molecule has 0 saturated heterocycles. The molecule has 4 N–H and O–H groups in total. The highest BCUT2D eigenvalue weighted by molar-refractivity contribution is 5.97. The number of aliphatic hydroxyl groups excluding tert-OH is 1. The standard InChI is InChI=1S/C18H20N2O5/c1-11(21)16(18(23)20-24)19-17(22)14-5-3-12(4-6-14)13-7-9-15(25-2)10-8-13/h3-11,16,21,24H,1-2H3,(H,19,22)(H,20,23)/t11-,16+/m1/s1. The fourth-order valence-electron chi connectivity index (χ4n) is 2.30. The van der Waals surface area contributed by atoms with Crippen molar-refractivity contribution in [3.8, 4) is 16.9 Å². The minimum absolute atomic E-state index is 0.327. The molecule has 2 aromatic rings. The Morgan fingerprint density at radius 3 is 1.96 bits per heavy atom. The topological polar surface area (TPSA) is 108 Å². The highest BCUT2D eigenvalue weighted by Gasteiger charge is 2.25. The van der Waals surface area contributed by atoms with Gasteiger partial charge >= 0.3 is 0 Å². The number of hydrogen-bond donors (Lipinski definition) is 4. The molecule has 0 spiro atoms. The van der Waals surface area contributed by atoms with E-state index in [-0.39, 0.29) is 0 Å². The molecular weight excluding hydrogens is 324 g/mol. The zero-order valence-corrected chi connectivity index (χ0v) is 13.9. The van der Waals surface area contributed by atoms with Gasteiger partial charge in [0.2, 0.25) is 0 Å². The van der Waals surface area contributed by atoms with E-state index in [1.165, 1.54) is 12.4 Å². The van der Waals surface area contributed by atoms with Crippen LogP contribution in [0.3, 0.4) is 0 Å². The van der Waals surface area contributed by atoms with Gasteiger partial charge in [-0.15, -0.1) is 0 Å². The lowest BCUT2D eigenvalue weighted by Gasteiger charge is -2.19. The maximum Gasteiger partial charge on any atom is 0.268 e. The summed E-state index contributed by atoms with van der Waals surface area (Å²) in [6, 6.07) is 13.0. The largest absolute Gasteiger partial charge is 0.497 e. The molecule has 0 fully saturated rings. The summed E-state index contributed by atoms with van der Waals surface area (Å²) in [5, 5.41) is 20.6. The van der Waals surface area contributed by atoms with Crippen molar-refractivity contribution in [1.82, 2.24) is 10.8 Å². The number of hydrogen-bond acceptors (Lipinski definition) is 5. The van der Waals surface area contributed by atoms with E-state index in [0.717, 1.165) is 16.9 Å². The van der Waals surface area contributed by atoms with Crippen LogP contribution < -0.4 is 15.5 Å². The zero-order chi connectivity index (χ0) is 18.4.